The first kappa shape index (κ1) is 14.0. The van der Waals surface area contributed by atoms with E-state index in [0.717, 1.165) is 12.2 Å². The largest absolute Gasteiger partial charge is 0.315 e. The van der Waals surface area contributed by atoms with Crippen LogP contribution in [0.4, 0.5) is 0 Å². The van der Waals surface area contributed by atoms with Gasteiger partial charge >= 0.3 is 0 Å². The van der Waals surface area contributed by atoms with E-state index in [-0.39, 0.29) is 0 Å². The molecule has 1 unspecified atom stereocenters. The molecule has 0 aromatic carbocycles. The lowest BCUT2D eigenvalue weighted by molar-refractivity contribution is 0.510. The minimum absolute atomic E-state index is 0.664. The summed E-state index contributed by atoms with van der Waals surface area (Å²) >= 11 is 3.65. The Morgan fingerprint density at radius 2 is 2.31 bits per heavy atom. The monoisotopic (exact) mass is 258 g/mol. The molecule has 1 aromatic rings. The van der Waals surface area contributed by atoms with Crippen LogP contribution < -0.4 is 5.32 Å². The van der Waals surface area contributed by atoms with Crippen LogP contribution in [0.1, 0.15) is 38.8 Å². The molecular weight excluding hydrogens is 236 g/mol. The van der Waals surface area contributed by atoms with Crippen molar-refractivity contribution >= 4 is 23.1 Å². The van der Waals surface area contributed by atoms with Crippen molar-refractivity contribution in [2.75, 3.05) is 12.3 Å². The van der Waals surface area contributed by atoms with Crippen LogP contribution in [0, 0.1) is 6.92 Å². The van der Waals surface area contributed by atoms with Crippen molar-refractivity contribution in [1.29, 1.82) is 0 Å². The quantitative estimate of drug-likeness (QED) is 0.568. The average molecular weight is 258 g/mol. The molecule has 1 N–H and O–H groups in total. The zero-order chi connectivity index (χ0) is 11.8. The molecule has 0 aliphatic carbocycles. The van der Waals surface area contributed by atoms with E-state index in [1.807, 2.05) is 11.8 Å². The molecule has 1 aromatic heterocycles. The van der Waals surface area contributed by atoms with Crippen LogP contribution in [-0.4, -0.2) is 23.3 Å². The SMILES string of the molecule is CCNC(C)CCCCSc1nc(C)cs1. The second-order valence-corrected chi connectivity index (χ2v) is 6.26. The summed E-state index contributed by atoms with van der Waals surface area (Å²) in [6.07, 6.45) is 3.88. The highest BCUT2D eigenvalue weighted by Crippen LogP contribution is 2.23. The van der Waals surface area contributed by atoms with Gasteiger partial charge < -0.3 is 5.32 Å². The summed E-state index contributed by atoms with van der Waals surface area (Å²) in [6, 6.07) is 0.664. The predicted octanol–water partition coefficient (Wildman–Crippen LogP) is 3.71. The molecule has 2 nitrogen and oxygen atoms in total. The minimum atomic E-state index is 0.664. The predicted molar refractivity (Wildman–Crippen MR) is 74.6 cm³/mol. The molecule has 16 heavy (non-hydrogen) atoms. The van der Waals surface area contributed by atoms with Crippen molar-refractivity contribution in [3.8, 4) is 0 Å². The van der Waals surface area contributed by atoms with Crippen molar-refractivity contribution in [3.63, 3.8) is 0 Å². The molecule has 0 radical (unpaired) electrons. The fourth-order valence-corrected chi connectivity index (χ4v) is 3.48. The molecule has 0 fully saturated rings. The number of unbranched alkanes of at least 4 members (excludes halogenated alkanes) is 1. The van der Waals surface area contributed by atoms with Gasteiger partial charge in [-0.2, -0.15) is 0 Å². The first-order valence-corrected chi connectivity index (χ1v) is 7.87. The van der Waals surface area contributed by atoms with Crippen LogP contribution in [0.25, 0.3) is 0 Å². The van der Waals surface area contributed by atoms with Crippen LogP contribution in [0.2, 0.25) is 0 Å². The zero-order valence-corrected chi connectivity index (χ0v) is 12.1. The van der Waals surface area contributed by atoms with Crippen LogP contribution in [0.3, 0.4) is 0 Å². The van der Waals surface area contributed by atoms with Crippen molar-refractivity contribution in [2.45, 2.75) is 50.4 Å². The van der Waals surface area contributed by atoms with Gasteiger partial charge in [0.2, 0.25) is 0 Å². The molecule has 92 valence electrons. The number of hydrogen-bond acceptors (Lipinski definition) is 4. The Morgan fingerprint density at radius 3 is 2.94 bits per heavy atom. The average Bonchev–Trinajstić information content (AvgIpc) is 2.64. The van der Waals surface area contributed by atoms with Gasteiger partial charge in [-0.15, -0.1) is 11.3 Å². The number of aromatic nitrogens is 1. The van der Waals surface area contributed by atoms with Crippen LogP contribution in [-0.2, 0) is 0 Å². The minimum Gasteiger partial charge on any atom is -0.315 e. The zero-order valence-electron chi connectivity index (χ0n) is 10.5. The van der Waals surface area contributed by atoms with E-state index in [1.54, 1.807) is 11.3 Å². The fraction of sp³-hybridized carbons (Fsp3) is 0.750. The van der Waals surface area contributed by atoms with E-state index >= 15 is 0 Å². The first-order chi connectivity index (χ1) is 7.72. The summed E-state index contributed by atoms with van der Waals surface area (Å²) in [5.74, 6) is 1.20. The molecule has 1 rings (SSSR count). The van der Waals surface area contributed by atoms with Crippen molar-refractivity contribution in [1.82, 2.24) is 10.3 Å². The molecule has 0 saturated heterocycles. The lowest BCUT2D eigenvalue weighted by atomic mass is 10.1. The van der Waals surface area contributed by atoms with Crippen molar-refractivity contribution in [3.05, 3.63) is 11.1 Å². The first-order valence-electron chi connectivity index (χ1n) is 6.00. The number of nitrogens with one attached hydrogen (secondary N) is 1. The second kappa shape index (κ2) is 8.09. The van der Waals surface area contributed by atoms with E-state index in [1.165, 1.54) is 29.4 Å². The Hall–Kier alpha value is -0.0600. The van der Waals surface area contributed by atoms with Crippen molar-refractivity contribution in [2.24, 2.45) is 0 Å². The standard InChI is InChI=1S/C12H22N2S2/c1-4-13-10(2)7-5-6-8-15-12-14-11(3)9-16-12/h9-10,13H,4-8H2,1-3H3. The van der Waals surface area contributed by atoms with Gasteiger partial charge in [-0.25, -0.2) is 4.98 Å². The topological polar surface area (TPSA) is 24.9 Å². The van der Waals surface area contributed by atoms with E-state index in [4.69, 9.17) is 0 Å². The van der Waals surface area contributed by atoms with Gasteiger partial charge in [-0.3, -0.25) is 0 Å². The maximum atomic E-state index is 4.44. The molecule has 0 aliphatic heterocycles. The summed E-state index contributed by atoms with van der Waals surface area (Å²) in [5, 5.41) is 5.56. The number of nitrogens with zero attached hydrogens (tertiary/aromatic N) is 1. The maximum absolute atomic E-state index is 4.44. The molecule has 0 amide bonds. The van der Waals surface area contributed by atoms with E-state index in [9.17, 15) is 0 Å². The van der Waals surface area contributed by atoms with Gasteiger partial charge in [0.1, 0.15) is 4.34 Å². The molecule has 1 heterocycles. The lowest BCUT2D eigenvalue weighted by Gasteiger charge is -2.11. The number of thioether (sulfide) groups is 1. The van der Waals surface area contributed by atoms with Crippen LogP contribution in [0.15, 0.2) is 9.72 Å². The van der Waals surface area contributed by atoms with Crippen molar-refractivity contribution < 1.29 is 0 Å². The molecule has 4 heteroatoms. The molecule has 0 bridgehead atoms. The van der Waals surface area contributed by atoms with E-state index in [2.05, 4.69) is 36.5 Å². The van der Waals surface area contributed by atoms with Gasteiger partial charge in [-0.1, -0.05) is 25.1 Å². The summed E-state index contributed by atoms with van der Waals surface area (Å²) in [7, 11) is 0. The van der Waals surface area contributed by atoms with E-state index in [0.29, 0.717) is 6.04 Å². The van der Waals surface area contributed by atoms with Gasteiger partial charge in [0.25, 0.3) is 0 Å². The van der Waals surface area contributed by atoms with Gasteiger partial charge in [0.05, 0.1) is 0 Å². The number of hydrogen-bond donors (Lipinski definition) is 1. The summed E-state index contributed by atoms with van der Waals surface area (Å²) in [5.41, 5.74) is 1.15. The summed E-state index contributed by atoms with van der Waals surface area (Å²) in [4.78, 5) is 4.44. The Bertz CT molecular complexity index is 286. The third-order valence-electron chi connectivity index (χ3n) is 2.41. The van der Waals surface area contributed by atoms with Gasteiger partial charge in [0, 0.05) is 22.9 Å². The Labute approximate surface area is 107 Å². The highest BCUT2D eigenvalue weighted by molar-refractivity contribution is 8.00. The molecule has 1 atom stereocenters. The summed E-state index contributed by atoms with van der Waals surface area (Å²) < 4.78 is 1.22. The Morgan fingerprint density at radius 1 is 1.50 bits per heavy atom. The lowest BCUT2D eigenvalue weighted by Crippen LogP contribution is -2.25. The molecule has 0 saturated carbocycles. The molecule has 0 spiro atoms. The molecule has 0 aliphatic rings. The second-order valence-electron chi connectivity index (χ2n) is 4.06. The highest BCUT2D eigenvalue weighted by atomic mass is 32.2. The van der Waals surface area contributed by atoms with Crippen LogP contribution in [0.5, 0.6) is 0 Å². The van der Waals surface area contributed by atoms with Gasteiger partial charge in [0.15, 0.2) is 0 Å². The normalized spacial score (nSPS) is 12.9. The fourth-order valence-electron chi connectivity index (χ4n) is 1.56. The van der Waals surface area contributed by atoms with E-state index < -0.39 is 0 Å². The third kappa shape index (κ3) is 5.87. The smallest absolute Gasteiger partial charge is 0.150 e. The van der Waals surface area contributed by atoms with Crippen LogP contribution >= 0.6 is 23.1 Å². The highest BCUT2D eigenvalue weighted by Gasteiger charge is 2.01. The summed E-state index contributed by atoms with van der Waals surface area (Å²) in [6.45, 7) is 7.56. The third-order valence-corrected chi connectivity index (χ3v) is 4.63. The maximum Gasteiger partial charge on any atom is 0.150 e. The Kier molecular flexibility index (Phi) is 7.08. The van der Waals surface area contributed by atoms with Gasteiger partial charge in [-0.05, 0) is 33.2 Å². The molecular formula is C12H22N2S2. The Balaban J connectivity index is 2.00. The number of aryl methyl sites for hydroxylation is 1. The number of rotatable bonds is 8. The number of thiazole rings is 1.